The first kappa shape index (κ1) is 14.0. The van der Waals surface area contributed by atoms with Crippen molar-refractivity contribution in [3.63, 3.8) is 0 Å². The summed E-state index contributed by atoms with van der Waals surface area (Å²) in [6.45, 7) is 5.93. The minimum Gasteiger partial charge on any atom is -0.469 e. The van der Waals surface area contributed by atoms with Crippen molar-refractivity contribution in [2.24, 2.45) is 0 Å². The van der Waals surface area contributed by atoms with E-state index in [1.54, 1.807) is 24.3 Å². The van der Waals surface area contributed by atoms with Crippen molar-refractivity contribution in [2.45, 2.75) is 20.8 Å². The Kier molecular flexibility index (Phi) is 3.65. The van der Waals surface area contributed by atoms with Crippen molar-refractivity contribution in [1.29, 1.82) is 0 Å². The summed E-state index contributed by atoms with van der Waals surface area (Å²) in [5.41, 5.74) is 2.57. The van der Waals surface area contributed by atoms with E-state index in [9.17, 15) is 4.79 Å². The predicted octanol–water partition coefficient (Wildman–Crippen LogP) is 4.64. The topological polar surface area (TPSA) is 55.1 Å². The Morgan fingerprint density at radius 1 is 1.33 bits per heavy atom. The van der Waals surface area contributed by atoms with Gasteiger partial charge in [0, 0.05) is 20.7 Å². The maximum atomic E-state index is 12.1. The van der Waals surface area contributed by atoms with E-state index >= 15 is 0 Å². The molecule has 0 atom stereocenters. The van der Waals surface area contributed by atoms with Gasteiger partial charge < -0.3 is 4.42 Å². The molecular weight excluding hydrogens is 304 g/mol. The van der Waals surface area contributed by atoms with E-state index < -0.39 is 0 Å². The molecule has 0 fully saturated rings. The SMILES string of the molecule is Cc1cc(-c2csc(NC(=O)c3ccoc3C)n2)c(C)s1. The number of anilines is 1. The molecule has 108 valence electrons. The first-order valence-corrected chi connectivity index (χ1v) is 8.12. The molecule has 0 aliphatic heterocycles. The maximum absolute atomic E-state index is 12.1. The lowest BCUT2D eigenvalue weighted by Crippen LogP contribution is -2.11. The second kappa shape index (κ2) is 5.46. The van der Waals surface area contributed by atoms with Gasteiger partial charge in [-0.3, -0.25) is 10.1 Å². The smallest absolute Gasteiger partial charge is 0.260 e. The van der Waals surface area contributed by atoms with Crippen molar-refractivity contribution in [3.8, 4) is 11.3 Å². The van der Waals surface area contributed by atoms with Gasteiger partial charge in [-0.15, -0.1) is 22.7 Å². The number of thiazole rings is 1. The van der Waals surface area contributed by atoms with Crippen LogP contribution in [0.1, 0.15) is 25.9 Å². The molecule has 3 aromatic heterocycles. The fourth-order valence-electron chi connectivity index (χ4n) is 2.12. The molecule has 0 radical (unpaired) electrons. The predicted molar refractivity (Wildman–Crippen MR) is 86.3 cm³/mol. The lowest BCUT2D eigenvalue weighted by Gasteiger charge is -1.99. The van der Waals surface area contributed by atoms with Crippen LogP contribution in [0.25, 0.3) is 11.3 Å². The number of aryl methyl sites for hydroxylation is 3. The Labute approximate surface area is 130 Å². The number of hydrogen-bond donors (Lipinski definition) is 1. The number of hydrogen-bond acceptors (Lipinski definition) is 5. The molecule has 0 spiro atoms. The number of carbonyl (C=O) groups is 1. The van der Waals surface area contributed by atoms with Crippen LogP contribution < -0.4 is 5.32 Å². The molecule has 0 saturated heterocycles. The molecule has 4 nitrogen and oxygen atoms in total. The molecule has 21 heavy (non-hydrogen) atoms. The number of rotatable bonds is 3. The largest absolute Gasteiger partial charge is 0.469 e. The average molecular weight is 318 g/mol. The molecule has 3 rings (SSSR count). The van der Waals surface area contributed by atoms with E-state index in [0.29, 0.717) is 16.5 Å². The first-order chi connectivity index (χ1) is 10.0. The summed E-state index contributed by atoms with van der Waals surface area (Å²) in [5, 5.41) is 5.37. The van der Waals surface area contributed by atoms with E-state index in [-0.39, 0.29) is 5.91 Å². The zero-order valence-electron chi connectivity index (χ0n) is 11.9. The fourth-order valence-corrected chi connectivity index (χ4v) is 3.76. The standard InChI is InChI=1S/C15H14N2O2S2/c1-8-6-12(10(3)21-8)13-7-20-15(16-13)17-14(18)11-4-5-19-9(11)2/h4-7H,1-3H3,(H,16,17,18). The van der Waals surface area contributed by atoms with Gasteiger partial charge in [0.05, 0.1) is 17.5 Å². The van der Waals surface area contributed by atoms with Crippen LogP contribution in [-0.4, -0.2) is 10.9 Å². The van der Waals surface area contributed by atoms with Gasteiger partial charge in [0.2, 0.25) is 0 Å². The summed E-state index contributed by atoms with van der Waals surface area (Å²) in [7, 11) is 0. The van der Waals surface area contributed by atoms with E-state index in [1.807, 2.05) is 5.38 Å². The monoisotopic (exact) mass is 318 g/mol. The molecule has 0 aromatic carbocycles. The van der Waals surface area contributed by atoms with Gasteiger partial charge in [-0.05, 0) is 32.9 Å². The van der Waals surface area contributed by atoms with Crippen molar-refractivity contribution >= 4 is 33.7 Å². The van der Waals surface area contributed by atoms with Crippen molar-refractivity contribution < 1.29 is 9.21 Å². The van der Waals surface area contributed by atoms with Gasteiger partial charge in [0.25, 0.3) is 5.91 Å². The molecule has 1 N–H and O–H groups in total. The third-order valence-electron chi connectivity index (χ3n) is 3.15. The number of carbonyl (C=O) groups excluding carboxylic acids is 1. The summed E-state index contributed by atoms with van der Waals surface area (Å²) < 4.78 is 5.14. The second-order valence-corrected chi connectivity index (χ2v) is 7.03. The van der Waals surface area contributed by atoms with Gasteiger partial charge in [-0.1, -0.05) is 0 Å². The van der Waals surface area contributed by atoms with Crippen LogP contribution in [0, 0.1) is 20.8 Å². The third kappa shape index (κ3) is 2.77. The minimum atomic E-state index is -0.194. The highest BCUT2D eigenvalue weighted by Gasteiger charge is 2.15. The van der Waals surface area contributed by atoms with Crippen LogP contribution in [0.5, 0.6) is 0 Å². The quantitative estimate of drug-likeness (QED) is 0.765. The Bertz CT molecular complexity index is 798. The van der Waals surface area contributed by atoms with Gasteiger partial charge >= 0.3 is 0 Å². The Morgan fingerprint density at radius 2 is 2.14 bits per heavy atom. The second-order valence-electron chi connectivity index (χ2n) is 4.71. The zero-order valence-corrected chi connectivity index (χ0v) is 13.5. The minimum absolute atomic E-state index is 0.194. The summed E-state index contributed by atoms with van der Waals surface area (Å²) >= 11 is 3.18. The Morgan fingerprint density at radius 3 is 2.76 bits per heavy atom. The van der Waals surface area contributed by atoms with Crippen molar-refractivity contribution in [1.82, 2.24) is 4.98 Å². The fraction of sp³-hybridized carbons (Fsp3) is 0.200. The van der Waals surface area contributed by atoms with Gasteiger partial charge in [-0.2, -0.15) is 0 Å². The third-order valence-corrected chi connectivity index (χ3v) is 4.87. The van der Waals surface area contributed by atoms with Gasteiger partial charge in [0.15, 0.2) is 5.13 Å². The highest BCUT2D eigenvalue weighted by Crippen LogP contribution is 2.32. The lowest BCUT2D eigenvalue weighted by atomic mass is 10.2. The van der Waals surface area contributed by atoms with E-state index in [4.69, 9.17) is 4.42 Å². The number of thiophene rings is 1. The first-order valence-electron chi connectivity index (χ1n) is 6.43. The van der Waals surface area contributed by atoms with E-state index in [1.165, 1.54) is 27.4 Å². The summed E-state index contributed by atoms with van der Waals surface area (Å²) in [6.07, 6.45) is 1.51. The molecular formula is C15H14N2O2S2. The molecule has 0 bridgehead atoms. The van der Waals surface area contributed by atoms with Crippen LogP contribution >= 0.6 is 22.7 Å². The van der Waals surface area contributed by atoms with Crippen LogP contribution in [0.2, 0.25) is 0 Å². The lowest BCUT2D eigenvalue weighted by molar-refractivity contribution is 0.102. The van der Waals surface area contributed by atoms with Crippen molar-refractivity contribution in [3.05, 3.63) is 44.9 Å². The molecule has 1 amide bonds. The number of aromatic nitrogens is 1. The van der Waals surface area contributed by atoms with Gasteiger partial charge in [-0.25, -0.2) is 4.98 Å². The molecule has 0 aliphatic rings. The maximum Gasteiger partial charge on any atom is 0.260 e. The molecule has 0 saturated carbocycles. The molecule has 0 unspecified atom stereocenters. The highest BCUT2D eigenvalue weighted by molar-refractivity contribution is 7.14. The molecule has 3 heterocycles. The van der Waals surface area contributed by atoms with Crippen LogP contribution in [0.15, 0.2) is 28.2 Å². The summed E-state index contributed by atoms with van der Waals surface area (Å²) in [6, 6.07) is 3.78. The normalized spacial score (nSPS) is 10.8. The number of furan rings is 1. The molecule has 3 aromatic rings. The molecule has 6 heteroatoms. The van der Waals surface area contributed by atoms with Crippen molar-refractivity contribution in [2.75, 3.05) is 5.32 Å². The summed E-state index contributed by atoms with van der Waals surface area (Å²) in [5.74, 6) is 0.411. The highest BCUT2D eigenvalue weighted by atomic mass is 32.1. The zero-order chi connectivity index (χ0) is 15.0. The van der Waals surface area contributed by atoms with E-state index in [0.717, 1.165) is 11.3 Å². The number of nitrogens with one attached hydrogen (secondary N) is 1. The number of nitrogens with zero attached hydrogens (tertiary/aromatic N) is 1. The molecule has 0 aliphatic carbocycles. The number of amides is 1. The van der Waals surface area contributed by atoms with Crippen LogP contribution in [0.4, 0.5) is 5.13 Å². The van der Waals surface area contributed by atoms with Crippen LogP contribution in [-0.2, 0) is 0 Å². The van der Waals surface area contributed by atoms with Crippen LogP contribution in [0.3, 0.4) is 0 Å². The Balaban J connectivity index is 1.81. The average Bonchev–Trinajstić information content (AvgIpc) is 3.10. The van der Waals surface area contributed by atoms with E-state index in [2.05, 4.69) is 30.2 Å². The Hall–Kier alpha value is -1.92. The summed E-state index contributed by atoms with van der Waals surface area (Å²) in [4.78, 5) is 19.1. The van der Waals surface area contributed by atoms with Gasteiger partial charge in [0.1, 0.15) is 5.76 Å².